The number of rotatable bonds is 4. The molecule has 1 heterocycles. The molecule has 1 aromatic carbocycles. The van der Waals surface area contributed by atoms with Crippen LogP contribution in [0.15, 0.2) is 29.2 Å². The van der Waals surface area contributed by atoms with Crippen molar-refractivity contribution < 1.29 is 27.5 Å². The average Bonchev–Trinajstić information content (AvgIpc) is 2.60. The summed E-state index contributed by atoms with van der Waals surface area (Å²) in [5.41, 5.74) is 0.240. The van der Waals surface area contributed by atoms with E-state index in [1.54, 1.807) is 52.0 Å². The lowest BCUT2D eigenvalue weighted by atomic mass is 10.0. The lowest BCUT2D eigenvalue weighted by Gasteiger charge is -2.38. The van der Waals surface area contributed by atoms with E-state index in [0.29, 0.717) is 0 Å². The first-order chi connectivity index (χ1) is 13.0. The molecule has 2 atom stereocenters. The second-order valence-corrected chi connectivity index (χ2v) is 10.2. The summed E-state index contributed by atoms with van der Waals surface area (Å²) in [7, 11) is -3.63. The van der Waals surface area contributed by atoms with Crippen LogP contribution in [-0.4, -0.2) is 55.4 Å². The van der Waals surface area contributed by atoms with Gasteiger partial charge in [-0.05, 0) is 59.6 Å². The number of amides is 1. The third-order valence-electron chi connectivity index (χ3n) is 4.53. The van der Waals surface area contributed by atoms with E-state index >= 15 is 0 Å². The van der Waals surface area contributed by atoms with E-state index in [1.807, 2.05) is 6.92 Å². The first kappa shape index (κ1) is 22.2. The maximum Gasteiger partial charge on any atom is 0.411 e. The number of ether oxygens (including phenoxy) is 2. The van der Waals surface area contributed by atoms with Crippen molar-refractivity contribution in [2.45, 2.75) is 69.2 Å². The van der Waals surface area contributed by atoms with Gasteiger partial charge in [0.2, 0.25) is 0 Å². The van der Waals surface area contributed by atoms with Crippen LogP contribution in [0.2, 0.25) is 0 Å². The maximum absolute atomic E-state index is 13.0. The zero-order valence-corrected chi connectivity index (χ0v) is 17.9. The topological polar surface area (TPSA) is 90.0 Å². The van der Waals surface area contributed by atoms with Crippen LogP contribution in [0.4, 0.5) is 4.79 Å². The Balaban J connectivity index is 2.27. The molecule has 1 aromatic rings. The zero-order chi connectivity index (χ0) is 21.1. The van der Waals surface area contributed by atoms with Gasteiger partial charge in [-0.15, -0.1) is 0 Å². The van der Waals surface area contributed by atoms with Crippen LogP contribution in [0.3, 0.4) is 0 Å². The van der Waals surface area contributed by atoms with Gasteiger partial charge >= 0.3 is 12.1 Å². The molecule has 1 aliphatic rings. The van der Waals surface area contributed by atoms with Gasteiger partial charge in [-0.25, -0.2) is 18.0 Å². The van der Waals surface area contributed by atoms with Crippen LogP contribution >= 0.6 is 0 Å². The van der Waals surface area contributed by atoms with Gasteiger partial charge in [0.25, 0.3) is 0 Å². The molecule has 1 fully saturated rings. The van der Waals surface area contributed by atoms with Gasteiger partial charge < -0.3 is 9.47 Å². The van der Waals surface area contributed by atoms with E-state index in [1.165, 1.54) is 4.90 Å². The third kappa shape index (κ3) is 5.25. The molecule has 1 saturated heterocycles. The summed E-state index contributed by atoms with van der Waals surface area (Å²) in [5.74, 6) is -0.614. The molecule has 0 radical (unpaired) electrons. The predicted molar refractivity (Wildman–Crippen MR) is 105 cm³/mol. The Morgan fingerprint density at radius 1 is 1.18 bits per heavy atom. The summed E-state index contributed by atoms with van der Waals surface area (Å²) in [6.07, 6.45) is -0.434. The number of carbonyl (C=O) groups is 2. The van der Waals surface area contributed by atoms with E-state index in [0.717, 1.165) is 5.56 Å². The summed E-state index contributed by atoms with van der Waals surface area (Å²) in [6.45, 7) is 9.00. The summed E-state index contributed by atoms with van der Waals surface area (Å²) >= 11 is 0. The number of sulfone groups is 1. The minimum absolute atomic E-state index is 0.0196. The van der Waals surface area contributed by atoms with E-state index in [2.05, 4.69) is 0 Å². The Hall–Kier alpha value is -2.09. The van der Waals surface area contributed by atoms with Gasteiger partial charge in [0.05, 0.1) is 16.8 Å². The number of piperidine rings is 1. The molecule has 1 aliphatic heterocycles. The van der Waals surface area contributed by atoms with Crippen molar-refractivity contribution in [1.29, 1.82) is 0 Å². The van der Waals surface area contributed by atoms with E-state index in [9.17, 15) is 18.0 Å². The Labute approximate surface area is 166 Å². The highest BCUT2D eigenvalue weighted by Crippen LogP contribution is 2.29. The van der Waals surface area contributed by atoms with Crippen molar-refractivity contribution in [3.8, 4) is 0 Å². The molecule has 156 valence electrons. The fourth-order valence-electron chi connectivity index (χ4n) is 3.14. The molecule has 2 rings (SSSR count). The van der Waals surface area contributed by atoms with Crippen molar-refractivity contribution in [3.63, 3.8) is 0 Å². The van der Waals surface area contributed by atoms with Crippen LogP contribution in [0.25, 0.3) is 0 Å². The van der Waals surface area contributed by atoms with Crippen molar-refractivity contribution in [2.24, 2.45) is 0 Å². The Bertz CT molecular complexity index is 810. The minimum Gasteiger partial charge on any atom is -0.464 e. The number of nitrogens with zero attached hydrogens (tertiary/aromatic N) is 1. The van der Waals surface area contributed by atoms with Crippen LogP contribution < -0.4 is 0 Å². The van der Waals surface area contributed by atoms with Crippen molar-refractivity contribution in [3.05, 3.63) is 29.8 Å². The van der Waals surface area contributed by atoms with Gasteiger partial charge in [-0.1, -0.05) is 17.7 Å². The van der Waals surface area contributed by atoms with Crippen molar-refractivity contribution >= 4 is 21.9 Å². The van der Waals surface area contributed by atoms with E-state index in [-0.39, 0.29) is 30.9 Å². The smallest absolute Gasteiger partial charge is 0.411 e. The Morgan fingerprint density at radius 2 is 1.79 bits per heavy atom. The fraction of sp³-hybridized carbons (Fsp3) is 0.600. The molecule has 28 heavy (non-hydrogen) atoms. The number of carbonyl (C=O) groups excluding carboxylic acids is 2. The molecule has 0 saturated carbocycles. The van der Waals surface area contributed by atoms with Gasteiger partial charge in [-0.3, -0.25) is 4.90 Å². The molecule has 2 unspecified atom stereocenters. The van der Waals surface area contributed by atoms with Gasteiger partial charge in [0.15, 0.2) is 9.84 Å². The summed E-state index contributed by atoms with van der Waals surface area (Å²) in [4.78, 5) is 26.5. The lowest BCUT2D eigenvalue weighted by Crippen LogP contribution is -2.54. The molecular formula is C20H29NO6S. The number of hydrogen-bond acceptors (Lipinski definition) is 6. The molecule has 7 nitrogen and oxygen atoms in total. The molecule has 0 aliphatic carbocycles. The van der Waals surface area contributed by atoms with Crippen molar-refractivity contribution in [1.82, 2.24) is 4.90 Å². The predicted octanol–water partition coefficient (Wildman–Crippen LogP) is 3.10. The third-order valence-corrected chi connectivity index (χ3v) is 6.76. The quantitative estimate of drug-likeness (QED) is 0.707. The first-order valence-electron chi connectivity index (χ1n) is 9.42. The molecule has 0 aromatic heterocycles. The van der Waals surface area contributed by atoms with Gasteiger partial charge in [0.1, 0.15) is 11.6 Å². The Kier molecular flexibility index (Phi) is 6.75. The number of hydrogen-bond donors (Lipinski definition) is 0. The van der Waals surface area contributed by atoms with Gasteiger partial charge in [-0.2, -0.15) is 0 Å². The summed E-state index contributed by atoms with van der Waals surface area (Å²) in [5, 5.41) is -0.775. The monoisotopic (exact) mass is 411 g/mol. The second-order valence-electron chi connectivity index (χ2n) is 7.95. The number of likely N-dealkylation sites (tertiary alicyclic amines) is 1. The SMILES string of the molecule is CCOC(=O)C1CC(S(=O)(=O)c2ccc(C)cc2)CCN1C(=O)OC(C)(C)C. The number of benzene rings is 1. The minimum atomic E-state index is -3.63. The normalized spacial score (nSPS) is 20.5. The molecule has 0 bridgehead atoms. The van der Waals surface area contributed by atoms with Crippen LogP contribution in [0, 0.1) is 6.92 Å². The highest BCUT2D eigenvalue weighted by atomic mass is 32.2. The molecular weight excluding hydrogens is 382 g/mol. The molecule has 0 spiro atoms. The largest absolute Gasteiger partial charge is 0.464 e. The van der Waals surface area contributed by atoms with Crippen molar-refractivity contribution in [2.75, 3.05) is 13.2 Å². The van der Waals surface area contributed by atoms with E-state index < -0.39 is 38.8 Å². The first-order valence-corrected chi connectivity index (χ1v) is 11.0. The molecule has 1 amide bonds. The van der Waals surface area contributed by atoms with Crippen LogP contribution in [0.1, 0.15) is 46.1 Å². The van der Waals surface area contributed by atoms with Crippen LogP contribution in [0.5, 0.6) is 0 Å². The summed E-state index contributed by atoms with van der Waals surface area (Å²) < 4.78 is 36.6. The van der Waals surface area contributed by atoms with Gasteiger partial charge in [0, 0.05) is 6.54 Å². The molecule has 8 heteroatoms. The average molecular weight is 412 g/mol. The van der Waals surface area contributed by atoms with Crippen LogP contribution in [-0.2, 0) is 24.1 Å². The highest BCUT2D eigenvalue weighted by Gasteiger charge is 2.43. The molecule has 0 N–H and O–H groups in total. The fourth-order valence-corrected chi connectivity index (χ4v) is 4.89. The second kappa shape index (κ2) is 8.51. The maximum atomic E-state index is 13.0. The lowest BCUT2D eigenvalue weighted by molar-refractivity contribution is -0.150. The number of aryl methyl sites for hydroxylation is 1. The number of esters is 1. The standard InChI is InChI=1S/C20H29NO6S/c1-6-26-18(22)17-13-16(11-12-21(17)19(23)27-20(3,4)5)28(24,25)15-9-7-14(2)8-10-15/h7-10,16-17H,6,11-13H2,1-5H3. The highest BCUT2D eigenvalue weighted by molar-refractivity contribution is 7.92. The zero-order valence-electron chi connectivity index (χ0n) is 17.1. The summed E-state index contributed by atoms with van der Waals surface area (Å²) in [6, 6.07) is 5.64. The van der Waals surface area contributed by atoms with E-state index in [4.69, 9.17) is 9.47 Å². The Morgan fingerprint density at radius 3 is 2.32 bits per heavy atom.